The molecule has 0 aliphatic carbocycles. The largest absolute Gasteiger partial charge is 0.356 e. The van der Waals surface area contributed by atoms with E-state index in [1.807, 2.05) is 26.8 Å². The summed E-state index contributed by atoms with van der Waals surface area (Å²) in [7, 11) is 0. The molecule has 1 saturated heterocycles. The predicted molar refractivity (Wildman–Crippen MR) is 109 cm³/mol. The van der Waals surface area contributed by atoms with Crippen molar-refractivity contribution in [2.24, 2.45) is 11.3 Å². The number of hydrogen-bond acceptors (Lipinski definition) is 6. The Kier molecular flexibility index (Phi) is 5.79. The quantitative estimate of drug-likeness (QED) is 0.791. The van der Waals surface area contributed by atoms with Crippen molar-refractivity contribution in [2.75, 3.05) is 24.5 Å². The third-order valence-corrected chi connectivity index (χ3v) is 6.29. The Morgan fingerprint density at radius 2 is 1.96 bits per heavy atom. The van der Waals surface area contributed by atoms with Gasteiger partial charge in [-0.15, -0.1) is 11.3 Å². The molecule has 0 spiro atoms. The molecule has 3 rings (SSSR count). The number of nitrogens with zero attached hydrogens (tertiary/aromatic N) is 3. The van der Waals surface area contributed by atoms with E-state index in [4.69, 9.17) is 0 Å². The van der Waals surface area contributed by atoms with Crippen molar-refractivity contribution < 1.29 is 9.59 Å². The monoisotopic (exact) mass is 388 g/mol. The number of fused-ring (bicyclic) bond motifs is 1. The highest BCUT2D eigenvalue weighted by Crippen LogP contribution is 2.33. The summed E-state index contributed by atoms with van der Waals surface area (Å²) < 4.78 is 0.999. The maximum absolute atomic E-state index is 12.0. The van der Waals surface area contributed by atoms with E-state index >= 15 is 0 Å². The summed E-state index contributed by atoms with van der Waals surface area (Å²) in [4.78, 5) is 35.5. The predicted octanol–water partition coefficient (Wildman–Crippen LogP) is 3.66. The molecule has 27 heavy (non-hydrogen) atoms. The van der Waals surface area contributed by atoms with Gasteiger partial charge in [-0.3, -0.25) is 9.59 Å². The Hall–Kier alpha value is -2.02. The smallest absolute Gasteiger partial charge is 0.225 e. The molecule has 1 aliphatic rings. The first-order chi connectivity index (χ1) is 12.8. The third kappa shape index (κ3) is 4.64. The number of Topliss-reactive ketones (excluding diaryl/α,β-unsaturated/α-hetero) is 1. The van der Waals surface area contributed by atoms with Crippen LogP contribution in [0.5, 0.6) is 0 Å². The number of piperidine rings is 1. The van der Waals surface area contributed by atoms with Crippen LogP contribution in [0.25, 0.3) is 10.2 Å². The summed E-state index contributed by atoms with van der Waals surface area (Å²) in [6.45, 7) is 10.0. The van der Waals surface area contributed by atoms with Crippen LogP contribution in [0.4, 0.5) is 5.82 Å². The number of rotatable bonds is 5. The van der Waals surface area contributed by atoms with Crippen LogP contribution < -0.4 is 10.2 Å². The molecule has 1 amide bonds. The van der Waals surface area contributed by atoms with Gasteiger partial charge in [0.05, 0.1) is 15.1 Å². The normalized spacial score (nSPS) is 15.9. The highest BCUT2D eigenvalue weighted by atomic mass is 32.1. The van der Waals surface area contributed by atoms with Gasteiger partial charge < -0.3 is 10.2 Å². The molecule has 3 heterocycles. The summed E-state index contributed by atoms with van der Waals surface area (Å²) in [6.07, 6.45) is 4.77. The van der Waals surface area contributed by atoms with Crippen LogP contribution in [0.2, 0.25) is 0 Å². The van der Waals surface area contributed by atoms with E-state index in [1.54, 1.807) is 13.3 Å². The minimum Gasteiger partial charge on any atom is -0.356 e. The van der Waals surface area contributed by atoms with Gasteiger partial charge in [0.2, 0.25) is 5.91 Å². The second kappa shape index (κ2) is 7.92. The number of anilines is 1. The molecular weight excluding hydrogens is 360 g/mol. The lowest BCUT2D eigenvalue weighted by molar-refractivity contribution is -0.128. The van der Waals surface area contributed by atoms with Crippen LogP contribution in [0.3, 0.4) is 0 Å². The maximum Gasteiger partial charge on any atom is 0.225 e. The van der Waals surface area contributed by atoms with Crippen molar-refractivity contribution in [2.45, 2.75) is 47.0 Å². The molecule has 1 fully saturated rings. The standard InChI is InChI=1S/C20H28N4O2S/c1-13(25)16-11-15-17(27-16)18(23-12-22-15)24-9-6-14(7-10-24)5-8-21-19(26)20(2,3)4/h11-12,14H,5-10H2,1-4H3,(H,21,26). The minimum absolute atomic E-state index is 0.0694. The fourth-order valence-electron chi connectivity index (χ4n) is 3.33. The average molecular weight is 389 g/mol. The van der Waals surface area contributed by atoms with Crippen molar-refractivity contribution in [3.63, 3.8) is 0 Å². The van der Waals surface area contributed by atoms with Gasteiger partial charge in [-0.2, -0.15) is 0 Å². The molecule has 146 valence electrons. The number of thiophene rings is 1. The van der Waals surface area contributed by atoms with Crippen molar-refractivity contribution in [1.29, 1.82) is 0 Å². The summed E-state index contributed by atoms with van der Waals surface area (Å²) in [5.74, 6) is 1.74. The van der Waals surface area contributed by atoms with Crippen LogP contribution in [-0.4, -0.2) is 41.3 Å². The highest BCUT2D eigenvalue weighted by molar-refractivity contribution is 7.21. The molecule has 1 N–H and O–H groups in total. The molecule has 2 aromatic rings. The molecule has 0 radical (unpaired) electrons. The first kappa shape index (κ1) is 19.7. The van der Waals surface area contributed by atoms with Gasteiger partial charge in [-0.05, 0) is 38.2 Å². The second-order valence-corrected chi connectivity index (χ2v) is 9.36. The summed E-state index contributed by atoms with van der Waals surface area (Å²) >= 11 is 1.48. The van der Waals surface area contributed by atoms with Crippen molar-refractivity contribution in [3.05, 3.63) is 17.3 Å². The van der Waals surface area contributed by atoms with E-state index < -0.39 is 0 Å². The molecule has 0 atom stereocenters. The summed E-state index contributed by atoms with van der Waals surface area (Å²) in [5.41, 5.74) is 0.517. The zero-order valence-corrected chi connectivity index (χ0v) is 17.4. The van der Waals surface area contributed by atoms with E-state index in [9.17, 15) is 9.59 Å². The number of nitrogens with one attached hydrogen (secondary N) is 1. The van der Waals surface area contributed by atoms with Gasteiger partial charge in [-0.1, -0.05) is 20.8 Å². The first-order valence-electron chi connectivity index (χ1n) is 9.54. The van der Waals surface area contributed by atoms with Gasteiger partial charge in [0.25, 0.3) is 0 Å². The molecule has 0 saturated carbocycles. The molecule has 0 aromatic carbocycles. The molecule has 6 nitrogen and oxygen atoms in total. The molecule has 0 unspecified atom stereocenters. The van der Waals surface area contributed by atoms with Crippen molar-refractivity contribution in [1.82, 2.24) is 15.3 Å². The van der Waals surface area contributed by atoms with E-state index in [0.29, 0.717) is 5.92 Å². The Balaban J connectivity index is 1.57. The summed E-state index contributed by atoms with van der Waals surface area (Å²) in [6, 6.07) is 1.86. The number of aromatic nitrogens is 2. The molecular formula is C20H28N4O2S. The summed E-state index contributed by atoms with van der Waals surface area (Å²) in [5, 5.41) is 3.05. The number of ketones is 1. The lowest BCUT2D eigenvalue weighted by atomic mass is 9.92. The SMILES string of the molecule is CC(=O)c1cc2ncnc(N3CCC(CCNC(=O)C(C)(C)C)CC3)c2s1. The molecule has 7 heteroatoms. The van der Waals surface area contributed by atoms with E-state index in [0.717, 1.165) is 59.8 Å². The average Bonchev–Trinajstić information content (AvgIpc) is 3.06. The lowest BCUT2D eigenvalue weighted by Crippen LogP contribution is -2.38. The van der Waals surface area contributed by atoms with E-state index in [1.165, 1.54) is 11.3 Å². The van der Waals surface area contributed by atoms with Crippen LogP contribution >= 0.6 is 11.3 Å². The number of hydrogen-bond donors (Lipinski definition) is 1. The van der Waals surface area contributed by atoms with Gasteiger partial charge in [-0.25, -0.2) is 9.97 Å². The van der Waals surface area contributed by atoms with Gasteiger partial charge >= 0.3 is 0 Å². The van der Waals surface area contributed by atoms with Gasteiger partial charge in [0.15, 0.2) is 5.78 Å². The van der Waals surface area contributed by atoms with Crippen LogP contribution in [-0.2, 0) is 4.79 Å². The zero-order chi connectivity index (χ0) is 19.6. The second-order valence-electron chi connectivity index (χ2n) is 8.30. The van der Waals surface area contributed by atoms with Gasteiger partial charge in [0, 0.05) is 25.0 Å². The number of carbonyl (C=O) groups excluding carboxylic acids is 2. The molecule has 1 aliphatic heterocycles. The number of amides is 1. The van der Waals surface area contributed by atoms with Crippen LogP contribution in [0.1, 0.15) is 56.6 Å². The highest BCUT2D eigenvalue weighted by Gasteiger charge is 2.24. The minimum atomic E-state index is -0.332. The van der Waals surface area contributed by atoms with Crippen LogP contribution in [0, 0.1) is 11.3 Å². The Morgan fingerprint density at radius 1 is 1.26 bits per heavy atom. The Bertz CT molecular complexity index is 832. The molecule has 2 aromatic heterocycles. The fourth-order valence-corrected chi connectivity index (χ4v) is 4.35. The topological polar surface area (TPSA) is 75.2 Å². The van der Waals surface area contributed by atoms with Gasteiger partial charge in [0.1, 0.15) is 12.1 Å². The van der Waals surface area contributed by atoms with E-state index in [2.05, 4.69) is 20.2 Å². The third-order valence-electron chi connectivity index (χ3n) is 5.07. The fraction of sp³-hybridized carbons (Fsp3) is 0.600. The van der Waals surface area contributed by atoms with E-state index in [-0.39, 0.29) is 17.1 Å². The zero-order valence-electron chi connectivity index (χ0n) is 16.5. The Labute approximate surface area is 164 Å². The lowest BCUT2D eigenvalue weighted by Gasteiger charge is -2.33. The first-order valence-corrected chi connectivity index (χ1v) is 10.4. The maximum atomic E-state index is 12.0. The van der Waals surface area contributed by atoms with Crippen LogP contribution in [0.15, 0.2) is 12.4 Å². The number of carbonyl (C=O) groups is 2. The van der Waals surface area contributed by atoms with Crippen molar-refractivity contribution in [3.8, 4) is 0 Å². The molecule has 0 bridgehead atoms. The Morgan fingerprint density at radius 3 is 2.59 bits per heavy atom. The van der Waals surface area contributed by atoms with Crippen molar-refractivity contribution >= 4 is 39.1 Å².